The van der Waals surface area contributed by atoms with Crippen molar-refractivity contribution < 1.29 is 26.7 Å². The number of alkyl halides is 3. The van der Waals surface area contributed by atoms with Crippen LogP contribution >= 0.6 is 11.6 Å². The van der Waals surface area contributed by atoms with E-state index in [-0.39, 0.29) is 28.8 Å². The molecule has 0 radical (unpaired) electrons. The van der Waals surface area contributed by atoms with Crippen LogP contribution in [0.2, 0.25) is 5.02 Å². The lowest BCUT2D eigenvalue weighted by molar-refractivity contribution is -0.137. The van der Waals surface area contributed by atoms with E-state index in [1.165, 1.54) is 12.1 Å². The van der Waals surface area contributed by atoms with Crippen molar-refractivity contribution in [3.05, 3.63) is 81.5 Å². The summed E-state index contributed by atoms with van der Waals surface area (Å²) in [5.74, 6) is -2.26. The van der Waals surface area contributed by atoms with Crippen molar-refractivity contribution in [3.8, 4) is 0 Å². The maximum absolute atomic E-state index is 14.9. The van der Waals surface area contributed by atoms with Crippen LogP contribution in [-0.2, 0) is 12.7 Å². The average Bonchev–Trinajstić information content (AvgIpc) is 3.13. The zero-order valence-electron chi connectivity index (χ0n) is 18.8. The summed E-state index contributed by atoms with van der Waals surface area (Å²) < 4.78 is 66.6. The Kier molecular flexibility index (Phi) is 7.59. The van der Waals surface area contributed by atoms with E-state index >= 15 is 0 Å². The van der Waals surface area contributed by atoms with Crippen molar-refractivity contribution in [1.29, 1.82) is 0 Å². The van der Waals surface area contributed by atoms with Crippen LogP contribution in [0.1, 0.15) is 42.3 Å². The van der Waals surface area contributed by atoms with Gasteiger partial charge in [-0.1, -0.05) is 38.4 Å². The number of hydrogen-bond acceptors (Lipinski definition) is 4. The van der Waals surface area contributed by atoms with Crippen LogP contribution in [0.25, 0.3) is 0 Å². The molecule has 0 saturated carbocycles. The second kappa shape index (κ2) is 10.1. The van der Waals surface area contributed by atoms with Gasteiger partial charge < -0.3 is 5.32 Å². The van der Waals surface area contributed by atoms with Gasteiger partial charge in [0.1, 0.15) is 11.5 Å². The molecule has 0 fully saturated rings. The predicted molar refractivity (Wildman–Crippen MR) is 121 cm³/mol. The highest BCUT2D eigenvalue weighted by atomic mass is 35.5. The number of guanidine groups is 1. The molecule has 1 aliphatic rings. The van der Waals surface area contributed by atoms with Gasteiger partial charge >= 0.3 is 6.18 Å². The quantitative estimate of drug-likeness (QED) is 0.282. The van der Waals surface area contributed by atoms with Gasteiger partial charge in [-0.25, -0.2) is 13.8 Å². The number of nitrogens with zero attached hydrogens (tertiary/aromatic N) is 3. The number of nitrogens with one attached hydrogen (secondary N) is 2. The molecule has 2 aromatic rings. The Morgan fingerprint density at radius 2 is 1.74 bits per heavy atom. The first-order valence-electron chi connectivity index (χ1n) is 10.3. The predicted octanol–water partition coefficient (Wildman–Crippen LogP) is 6.39. The molecule has 1 amide bonds. The van der Waals surface area contributed by atoms with Crippen LogP contribution in [-0.4, -0.2) is 18.0 Å². The van der Waals surface area contributed by atoms with E-state index in [4.69, 9.17) is 11.6 Å². The fourth-order valence-corrected chi connectivity index (χ4v) is 3.23. The van der Waals surface area contributed by atoms with Gasteiger partial charge in [-0.15, -0.1) is 0 Å². The van der Waals surface area contributed by atoms with E-state index in [1.807, 2.05) is 0 Å². The van der Waals surface area contributed by atoms with Gasteiger partial charge in [0.15, 0.2) is 12.0 Å². The molecule has 1 atom stereocenters. The summed E-state index contributed by atoms with van der Waals surface area (Å²) in [7, 11) is 0. The molecule has 0 saturated heterocycles. The zero-order valence-corrected chi connectivity index (χ0v) is 19.6. The molecule has 1 aliphatic heterocycles. The molecule has 0 aliphatic carbocycles. The molecule has 12 heteroatoms. The number of carbonyl (C=O) groups is 1. The maximum Gasteiger partial charge on any atom is 0.416 e. The largest absolute Gasteiger partial charge is 0.416 e. The molecule has 0 bridgehead atoms. The highest BCUT2D eigenvalue weighted by molar-refractivity contribution is 6.31. The third-order valence-corrected chi connectivity index (χ3v) is 5.20. The summed E-state index contributed by atoms with van der Waals surface area (Å²) in [6.45, 7) is 5.12. The summed E-state index contributed by atoms with van der Waals surface area (Å²) in [6.07, 6.45) is -5.83. The first kappa shape index (κ1) is 26.3. The van der Waals surface area contributed by atoms with E-state index < -0.39 is 40.9 Å². The monoisotopic (exact) mass is 513 g/mol. The molecule has 2 N–H and O–H groups in total. The SMILES string of the molecule is CC(C)(C)C1=C(F)C(NC(=NCc2ccc(F)cc2Cl)NC(=O)c2ccc(C(F)(F)F)cc2)N=N1. The van der Waals surface area contributed by atoms with Gasteiger partial charge in [-0.2, -0.15) is 23.4 Å². The van der Waals surface area contributed by atoms with Gasteiger partial charge in [0.25, 0.3) is 5.91 Å². The minimum absolute atomic E-state index is 0.0869. The summed E-state index contributed by atoms with van der Waals surface area (Å²) in [4.78, 5) is 16.9. The minimum Gasteiger partial charge on any atom is -0.327 e. The number of aliphatic imine (C=N–C) groups is 1. The minimum atomic E-state index is -4.56. The number of allylic oxidation sites excluding steroid dienone is 1. The second-order valence-electron chi connectivity index (χ2n) is 8.64. The lowest BCUT2D eigenvalue weighted by atomic mass is 9.92. The van der Waals surface area contributed by atoms with E-state index in [0.717, 1.165) is 30.3 Å². The number of amides is 1. The van der Waals surface area contributed by atoms with Crippen LogP contribution in [0, 0.1) is 11.2 Å². The van der Waals surface area contributed by atoms with Crippen molar-refractivity contribution in [2.24, 2.45) is 20.6 Å². The number of halogens is 6. The Labute approximate surface area is 203 Å². The van der Waals surface area contributed by atoms with Gasteiger partial charge in [-0.3, -0.25) is 10.1 Å². The lowest BCUT2D eigenvalue weighted by Gasteiger charge is -2.18. The fraction of sp³-hybridized carbons (Fsp3) is 0.304. The number of azo groups is 1. The first-order valence-corrected chi connectivity index (χ1v) is 10.7. The second-order valence-corrected chi connectivity index (χ2v) is 9.05. The van der Waals surface area contributed by atoms with Crippen LogP contribution in [0.3, 0.4) is 0 Å². The van der Waals surface area contributed by atoms with E-state index in [9.17, 15) is 26.7 Å². The topological polar surface area (TPSA) is 78.2 Å². The Hall–Kier alpha value is -3.34. The van der Waals surface area contributed by atoms with E-state index in [1.54, 1.807) is 20.8 Å². The van der Waals surface area contributed by atoms with E-state index in [0.29, 0.717) is 5.56 Å². The van der Waals surface area contributed by atoms with Crippen molar-refractivity contribution in [2.75, 3.05) is 0 Å². The van der Waals surface area contributed by atoms with Crippen molar-refractivity contribution in [2.45, 2.75) is 39.7 Å². The normalized spacial score (nSPS) is 16.6. The summed E-state index contributed by atoms with van der Waals surface area (Å²) >= 11 is 6.02. The number of hydrogen-bond donors (Lipinski definition) is 2. The highest BCUT2D eigenvalue weighted by Gasteiger charge is 2.33. The van der Waals surface area contributed by atoms with Gasteiger partial charge in [0.05, 0.1) is 12.1 Å². The van der Waals surface area contributed by atoms with E-state index in [2.05, 4.69) is 25.9 Å². The summed E-state index contributed by atoms with van der Waals surface area (Å²) in [5, 5.41) is 12.8. The molecule has 0 spiro atoms. The third-order valence-electron chi connectivity index (χ3n) is 4.85. The van der Waals surface area contributed by atoms with Gasteiger partial charge in [0.2, 0.25) is 5.96 Å². The molecule has 186 valence electrons. The standard InChI is InChI=1S/C23H21ClF5N5O/c1-22(2,3)18-17(26)19(34-33-18)31-21(30-11-13-6-9-15(25)10-16(13)24)32-20(35)12-4-7-14(8-5-12)23(27,28)29/h4-10,19H,11H2,1-3H3,(H2,30,31,32,35). The highest BCUT2D eigenvalue weighted by Crippen LogP contribution is 2.35. The Morgan fingerprint density at radius 3 is 2.29 bits per heavy atom. The van der Waals surface area contributed by atoms with Crippen molar-refractivity contribution in [3.63, 3.8) is 0 Å². The zero-order chi connectivity index (χ0) is 26.0. The molecule has 1 heterocycles. The molecule has 1 unspecified atom stereocenters. The fourth-order valence-electron chi connectivity index (χ4n) is 3.00. The average molecular weight is 514 g/mol. The summed E-state index contributed by atoms with van der Waals surface area (Å²) in [5.41, 5.74) is -1.11. The molecule has 35 heavy (non-hydrogen) atoms. The molecule has 0 aromatic heterocycles. The van der Waals surface area contributed by atoms with Gasteiger partial charge in [0, 0.05) is 16.0 Å². The third kappa shape index (κ3) is 6.62. The lowest BCUT2D eigenvalue weighted by Crippen LogP contribution is -2.45. The number of carbonyl (C=O) groups excluding carboxylic acids is 1. The smallest absolute Gasteiger partial charge is 0.327 e. The molecule has 3 rings (SSSR count). The Bertz CT molecular complexity index is 1200. The Morgan fingerprint density at radius 1 is 1.09 bits per heavy atom. The molecular formula is C23H21ClF5N5O. The van der Waals surface area contributed by atoms with Crippen LogP contribution in [0.5, 0.6) is 0 Å². The molecular weight excluding hydrogens is 493 g/mol. The van der Waals surface area contributed by atoms with Crippen LogP contribution < -0.4 is 10.6 Å². The van der Waals surface area contributed by atoms with Crippen molar-refractivity contribution in [1.82, 2.24) is 10.6 Å². The molecule has 2 aromatic carbocycles. The number of benzene rings is 2. The Balaban J connectivity index is 1.85. The summed E-state index contributed by atoms with van der Waals surface area (Å²) in [6, 6.07) is 7.18. The van der Waals surface area contributed by atoms with Crippen molar-refractivity contribution >= 4 is 23.5 Å². The first-order chi connectivity index (χ1) is 16.3. The van der Waals surface area contributed by atoms with Crippen LogP contribution in [0.15, 0.2) is 69.2 Å². The molecule has 6 nitrogen and oxygen atoms in total. The van der Waals surface area contributed by atoms with Gasteiger partial charge in [-0.05, 0) is 42.0 Å². The van der Waals surface area contributed by atoms with Crippen LogP contribution in [0.4, 0.5) is 22.0 Å². The maximum atomic E-state index is 14.9. The number of rotatable bonds is 4.